The lowest BCUT2D eigenvalue weighted by Gasteiger charge is -2.00. The summed E-state index contributed by atoms with van der Waals surface area (Å²) >= 11 is 10.5. The van der Waals surface area contributed by atoms with Crippen LogP contribution in [0, 0.1) is 0 Å². The summed E-state index contributed by atoms with van der Waals surface area (Å²) < 4.78 is 1.08. The van der Waals surface area contributed by atoms with Crippen LogP contribution in [-0.2, 0) is 0 Å². The molecule has 0 saturated heterocycles. The van der Waals surface area contributed by atoms with Crippen LogP contribution in [0.25, 0.3) is 0 Å². The molecule has 0 fully saturated rings. The molecule has 0 aliphatic carbocycles. The Kier molecular flexibility index (Phi) is 3.11. The molecule has 0 unspecified atom stereocenters. The number of thiocarbonyl (C=S) groups is 1. The molecule has 2 aromatic rings. The molecule has 0 atom stereocenters. The van der Waals surface area contributed by atoms with Crippen LogP contribution in [0.2, 0.25) is 0 Å². The molecule has 0 radical (unpaired) electrons. The van der Waals surface area contributed by atoms with Crippen molar-refractivity contribution < 1.29 is 0 Å². The molecule has 1 aromatic heterocycles. The number of rotatable bonds is 2. The highest BCUT2D eigenvalue weighted by Crippen LogP contribution is 2.18. The molecule has 2 rings (SSSR count). The highest BCUT2D eigenvalue weighted by molar-refractivity contribution is 9.10. The monoisotopic (exact) mass is 282 g/mol. The predicted molar refractivity (Wildman–Crippen MR) is 69.3 cm³/mol. The van der Waals surface area contributed by atoms with Gasteiger partial charge in [0.15, 0.2) is 0 Å². The van der Waals surface area contributed by atoms with Crippen molar-refractivity contribution >= 4 is 44.3 Å². The van der Waals surface area contributed by atoms with Gasteiger partial charge in [-0.1, -0.05) is 46.3 Å². The van der Waals surface area contributed by atoms with Gasteiger partial charge in [-0.05, 0) is 29.1 Å². The second-order valence-electron chi connectivity index (χ2n) is 2.81. The Hall–Kier alpha value is -0.510. The number of hydrogen-bond donors (Lipinski definition) is 0. The summed E-state index contributed by atoms with van der Waals surface area (Å²) in [7, 11) is 0. The normalized spacial score (nSPS) is 10.1. The Bertz CT molecular complexity index is 429. The average Bonchev–Trinajstić information content (AvgIpc) is 2.71. The van der Waals surface area contributed by atoms with Crippen molar-refractivity contribution in [1.82, 2.24) is 0 Å². The van der Waals surface area contributed by atoms with E-state index in [1.165, 1.54) is 0 Å². The van der Waals surface area contributed by atoms with E-state index in [1.54, 1.807) is 11.3 Å². The maximum absolute atomic E-state index is 5.38. The zero-order chi connectivity index (χ0) is 9.97. The molecule has 3 heteroatoms. The van der Waals surface area contributed by atoms with Crippen LogP contribution in [0.4, 0.5) is 0 Å². The lowest BCUT2D eigenvalue weighted by atomic mass is 10.1. The highest BCUT2D eigenvalue weighted by Gasteiger charge is 2.04. The van der Waals surface area contributed by atoms with Crippen molar-refractivity contribution in [3.05, 3.63) is 56.7 Å². The smallest absolute Gasteiger partial charge is 0.0621 e. The first kappa shape index (κ1) is 10.0. The molecular formula is C11H7BrS2. The molecule has 14 heavy (non-hydrogen) atoms. The number of hydrogen-bond acceptors (Lipinski definition) is 2. The van der Waals surface area contributed by atoms with E-state index in [4.69, 9.17) is 12.2 Å². The van der Waals surface area contributed by atoms with Crippen molar-refractivity contribution in [3.63, 3.8) is 0 Å². The summed E-state index contributed by atoms with van der Waals surface area (Å²) in [6, 6.07) is 12.2. The minimum atomic E-state index is 0.924. The fourth-order valence-corrected chi connectivity index (χ4v) is 2.45. The fourth-order valence-electron chi connectivity index (χ4n) is 1.15. The van der Waals surface area contributed by atoms with E-state index in [9.17, 15) is 0 Å². The van der Waals surface area contributed by atoms with Crippen LogP contribution >= 0.6 is 39.5 Å². The molecule has 1 heterocycles. The zero-order valence-corrected chi connectivity index (χ0v) is 10.5. The van der Waals surface area contributed by atoms with E-state index in [1.807, 2.05) is 35.7 Å². The minimum Gasteiger partial charge on any atom is -0.143 e. The predicted octanol–water partition coefficient (Wildman–Crippen LogP) is 4.28. The molecule has 0 N–H and O–H groups in total. The van der Waals surface area contributed by atoms with Gasteiger partial charge in [-0.25, -0.2) is 0 Å². The summed E-state index contributed by atoms with van der Waals surface area (Å²) in [6.45, 7) is 0. The van der Waals surface area contributed by atoms with E-state index < -0.39 is 0 Å². The number of benzene rings is 1. The van der Waals surface area contributed by atoms with Crippen LogP contribution in [-0.4, -0.2) is 4.86 Å². The van der Waals surface area contributed by atoms with Gasteiger partial charge in [-0.2, -0.15) is 0 Å². The van der Waals surface area contributed by atoms with Crippen molar-refractivity contribution in [1.29, 1.82) is 0 Å². The third-order valence-corrected chi connectivity index (χ3v) is 3.85. The van der Waals surface area contributed by atoms with Gasteiger partial charge in [0, 0.05) is 9.35 Å². The summed E-state index contributed by atoms with van der Waals surface area (Å²) in [5.74, 6) is 0. The van der Waals surface area contributed by atoms with E-state index in [0.29, 0.717) is 0 Å². The molecule has 0 saturated carbocycles. The van der Waals surface area contributed by atoms with Crippen molar-refractivity contribution in [2.45, 2.75) is 0 Å². The quantitative estimate of drug-likeness (QED) is 0.585. The molecule has 1 aromatic carbocycles. The van der Waals surface area contributed by atoms with Crippen molar-refractivity contribution in [3.8, 4) is 0 Å². The fraction of sp³-hybridized carbons (Fsp3) is 0. The SMILES string of the molecule is S=C(c1ccc(Br)cc1)c1cccs1. The van der Waals surface area contributed by atoms with Crippen LogP contribution in [0.3, 0.4) is 0 Å². The van der Waals surface area contributed by atoms with Gasteiger partial charge in [0.1, 0.15) is 0 Å². The van der Waals surface area contributed by atoms with Crippen molar-refractivity contribution in [2.24, 2.45) is 0 Å². The summed E-state index contributed by atoms with van der Waals surface area (Å²) in [5, 5.41) is 2.04. The lowest BCUT2D eigenvalue weighted by molar-refractivity contribution is 1.62. The first-order chi connectivity index (χ1) is 6.77. The Morgan fingerprint density at radius 1 is 1.14 bits per heavy atom. The Morgan fingerprint density at radius 2 is 1.86 bits per heavy atom. The molecular weight excluding hydrogens is 276 g/mol. The summed E-state index contributed by atoms with van der Waals surface area (Å²) in [5.41, 5.74) is 1.10. The van der Waals surface area contributed by atoms with E-state index in [-0.39, 0.29) is 0 Å². The molecule has 0 amide bonds. The third-order valence-electron chi connectivity index (χ3n) is 1.85. The number of halogens is 1. The van der Waals surface area contributed by atoms with Crippen LogP contribution in [0.15, 0.2) is 46.3 Å². The van der Waals surface area contributed by atoms with Gasteiger partial charge in [-0.3, -0.25) is 0 Å². The summed E-state index contributed by atoms with van der Waals surface area (Å²) in [6.07, 6.45) is 0. The highest BCUT2D eigenvalue weighted by atomic mass is 79.9. The Labute approximate surface area is 101 Å². The van der Waals surface area contributed by atoms with Gasteiger partial charge in [-0.15, -0.1) is 11.3 Å². The lowest BCUT2D eigenvalue weighted by Crippen LogP contribution is -1.95. The molecule has 0 spiro atoms. The maximum Gasteiger partial charge on any atom is 0.0621 e. The standard InChI is InChI=1S/C11H7BrS2/c12-9-5-3-8(4-6-9)11(13)10-2-1-7-14-10/h1-7H. The Balaban J connectivity index is 2.33. The summed E-state index contributed by atoms with van der Waals surface area (Å²) in [4.78, 5) is 2.08. The molecule has 70 valence electrons. The molecule has 0 nitrogen and oxygen atoms in total. The largest absolute Gasteiger partial charge is 0.143 e. The van der Waals surface area contributed by atoms with Crippen molar-refractivity contribution in [2.75, 3.05) is 0 Å². The third kappa shape index (κ3) is 2.11. The maximum atomic E-state index is 5.38. The van der Waals surface area contributed by atoms with E-state index in [2.05, 4.69) is 22.0 Å². The van der Waals surface area contributed by atoms with Gasteiger partial charge in [0.2, 0.25) is 0 Å². The zero-order valence-electron chi connectivity index (χ0n) is 7.24. The van der Waals surface area contributed by atoms with E-state index in [0.717, 1.165) is 19.8 Å². The second kappa shape index (κ2) is 4.34. The molecule has 0 aliphatic heterocycles. The van der Waals surface area contributed by atoms with Gasteiger partial charge < -0.3 is 0 Å². The van der Waals surface area contributed by atoms with Crippen LogP contribution in [0.5, 0.6) is 0 Å². The first-order valence-electron chi connectivity index (χ1n) is 4.11. The second-order valence-corrected chi connectivity index (χ2v) is 5.08. The number of thiophene rings is 1. The van der Waals surface area contributed by atoms with E-state index >= 15 is 0 Å². The topological polar surface area (TPSA) is 0 Å². The molecule has 0 bridgehead atoms. The van der Waals surface area contributed by atoms with Crippen LogP contribution in [0.1, 0.15) is 10.4 Å². The first-order valence-corrected chi connectivity index (χ1v) is 6.19. The van der Waals surface area contributed by atoms with Gasteiger partial charge >= 0.3 is 0 Å². The van der Waals surface area contributed by atoms with Gasteiger partial charge in [0.05, 0.1) is 4.86 Å². The van der Waals surface area contributed by atoms with Gasteiger partial charge in [0.25, 0.3) is 0 Å². The average molecular weight is 283 g/mol. The minimum absolute atomic E-state index is 0.924. The molecule has 0 aliphatic rings. The Morgan fingerprint density at radius 3 is 2.43 bits per heavy atom. The van der Waals surface area contributed by atoms with Crippen LogP contribution < -0.4 is 0 Å².